The van der Waals surface area contributed by atoms with Crippen molar-refractivity contribution in [2.75, 3.05) is 5.32 Å². The molecule has 21 heavy (non-hydrogen) atoms. The quantitative estimate of drug-likeness (QED) is 0.808. The maximum absolute atomic E-state index is 13.2. The molecule has 0 aromatic heterocycles. The number of rotatable bonds is 5. The Kier molecular flexibility index (Phi) is 4.57. The third-order valence-electron chi connectivity index (χ3n) is 2.94. The molecule has 1 unspecified atom stereocenters. The van der Waals surface area contributed by atoms with Crippen LogP contribution in [0.4, 0.5) is 18.9 Å². The predicted molar refractivity (Wildman–Crippen MR) is 73.2 cm³/mol. The van der Waals surface area contributed by atoms with E-state index in [9.17, 15) is 13.2 Å². The Morgan fingerprint density at radius 2 is 1.76 bits per heavy atom. The molecular formula is C15H14F3NO2. The summed E-state index contributed by atoms with van der Waals surface area (Å²) in [5.74, 6) is -1.05. The van der Waals surface area contributed by atoms with Gasteiger partial charge in [0.15, 0.2) is 11.6 Å². The molecule has 2 aromatic carbocycles. The highest BCUT2D eigenvalue weighted by Crippen LogP contribution is 2.25. The third kappa shape index (κ3) is 4.05. The number of halogens is 3. The van der Waals surface area contributed by atoms with E-state index in [4.69, 9.17) is 5.11 Å². The van der Waals surface area contributed by atoms with E-state index in [-0.39, 0.29) is 11.8 Å². The van der Waals surface area contributed by atoms with Gasteiger partial charge in [-0.15, -0.1) is 0 Å². The van der Waals surface area contributed by atoms with Gasteiger partial charge >= 0.3 is 6.61 Å². The lowest BCUT2D eigenvalue weighted by Crippen LogP contribution is -2.07. The Balaban J connectivity index is 2.05. The van der Waals surface area contributed by atoms with Gasteiger partial charge in [0, 0.05) is 17.8 Å². The Hall–Kier alpha value is -2.37. The van der Waals surface area contributed by atoms with Crippen LogP contribution in [0.25, 0.3) is 0 Å². The molecule has 0 aliphatic rings. The van der Waals surface area contributed by atoms with Gasteiger partial charge in [0.1, 0.15) is 5.75 Å². The van der Waals surface area contributed by atoms with Crippen LogP contribution in [0, 0.1) is 5.82 Å². The van der Waals surface area contributed by atoms with Crippen LogP contribution in [0.1, 0.15) is 18.5 Å². The summed E-state index contributed by atoms with van der Waals surface area (Å²) in [5.41, 5.74) is 1.33. The van der Waals surface area contributed by atoms with E-state index in [0.29, 0.717) is 5.69 Å². The molecule has 0 aliphatic carbocycles. The highest BCUT2D eigenvalue weighted by Gasteiger charge is 2.09. The zero-order valence-electron chi connectivity index (χ0n) is 11.2. The zero-order chi connectivity index (χ0) is 15.4. The van der Waals surface area contributed by atoms with Gasteiger partial charge in [0.25, 0.3) is 0 Å². The smallest absolute Gasteiger partial charge is 0.387 e. The molecule has 2 aromatic rings. The van der Waals surface area contributed by atoms with Crippen molar-refractivity contribution in [2.24, 2.45) is 0 Å². The molecule has 2 N–H and O–H groups in total. The first-order valence-electron chi connectivity index (χ1n) is 6.25. The molecule has 0 heterocycles. The molecule has 0 radical (unpaired) electrons. The minimum Gasteiger partial charge on any atom is -0.505 e. The van der Waals surface area contributed by atoms with E-state index in [0.717, 1.165) is 5.56 Å². The van der Waals surface area contributed by atoms with Crippen LogP contribution in [0.15, 0.2) is 42.5 Å². The van der Waals surface area contributed by atoms with Crippen molar-refractivity contribution in [3.63, 3.8) is 0 Å². The van der Waals surface area contributed by atoms with Gasteiger partial charge in [-0.3, -0.25) is 0 Å². The van der Waals surface area contributed by atoms with Crippen molar-refractivity contribution in [1.82, 2.24) is 0 Å². The molecule has 3 nitrogen and oxygen atoms in total. The fraction of sp³-hybridized carbons (Fsp3) is 0.200. The lowest BCUT2D eigenvalue weighted by molar-refractivity contribution is -0.0498. The van der Waals surface area contributed by atoms with Crippen molar-refractivity contribution in [1.29, 1.82) is 0 Å². The number of alkyl halides is 2. The van der Waals surface area contributed by atoms with Crippen molar-refractivity contribution in [3.05, 3.63) is 53.8 Å². The molecule has 0 bridgehead atoms. The van der Waals surface area contributed by atoms with Crippen molar-refractivity contribution < 1.29 is 23.0 Å². The topological polar surface area (TPSA) is 41.5 Å². The maximum Gasteiger partial charge on any atom is 0.387 e. The minimum atomic E-state index is -2.86. The van der Waals surface area contributed by atoms with Gasteiger partial charge < -0.3 is 15.2 Å². The van der Waals surface area contributed by atoms with E-state index in [1.165, 1.54) is 24.3 Å². The van der Waals surface area contributed by atoms with Crippen molar-refractivity contribution >= 4 is 5.69 Å². The van der Waals surface area contributed by atoms with Crippen LogP contribution >= 0.6 is 0 Å². The molecule has 0 saturated carbocycles. The first kappa shape index (κ1) is 15.0. The molecule has 2 rings (SSSR count). The second-order valence-electron chi connectivity index (χ2n) is 4.48. The van der Waals surface area contributed by atoms with Gasteiger partial charge in [-0.1, -0.05) is 12.1 Å². The Morgan fingerprint density at radius 3 is 2.33 bits per heavy atom. The fourth-order valence-electron chi connectivity index (χ4n) is 1.87. The number of nitrogens with one attached hydrogen (secondary N) is 1. The summed E-state index contributed by atoms with van der Waals surface area (Å²) >= 11 is 0. The highest BCUT2D eigenvalue weighted by molar-refractivity contribution is 5.48. The molecule has 0 amide bonds. The van der Waals surface area contributed by atoms with E-state index < -0.39 is 18.2 Å². The average molecular weight is 297 g/mol. The minimum absolute atomic E-state index is 0.0802. The number of hydrogen-bond donors (Lipinski definition) is 2. The van der Waals surface area contributed by atoms with Crippen LogP contribution < -0.4 is 10.1 Å². The summed E-state index contributed by atoms with van der Waals surface area (Å²) in [5, 5.41) is 12.2. The van der Waals surface area contributed by atoms with Gasteiger partial charge in [-0.25, -0.2) is 4.39 Å². The lowest BCUT2D eigenvalue weighted by Gasteiger charge is -2.16. The molecule has 0 saturated heterocycles. The summed E-state index contributed by atoms with van der Waals surface area (Å²) < 4.78 is 41.6. The molecular weight excluding hydrogens is 283 g/mol. The Morgan fingerprint density at radius 1 is 1.10 bits per heavy atom. The normalized spacial score (nSPS) is 12.2. The van der Waals surface area contributed by atoms with Crippen LogP contribution in [0.5, 0.6) is 11.5 Å². The number of hydrogen-bond acceptors (Lipinski definition) is 3. The first-order valence-corrected chi connectivity index (χ1v) is 6.25. The summed E-state index contributed by atoms with van der Waals surface area (Å²) in [6.45, 7) is -1.01. The van der Waals surface area contributed by atoms with Crippen LogP contribution in [-0.2, 0) is 0 Å². The van der Waals surface area contributed by atoms with E-state index in [2.05, 4.69) is 10.1 Å². The van der Waals surface area contributed by atoms with E-state index in [1.54, 1.807) is 18.2 Å². The van der Waals surface area contributed by atoms with Gasteiger partial charge in [-0.05, 0) is 36.8 Å². The monoisotopic (exact) mass is 297 g/mol. The fourth-order valence-corrected chi connectivity index (χ4v) is 1.87. The first-order chi connectivity index (χ1) is 9.95. The zero-order valence-corrected chi connectivity index (χ0v) is 11.2. The number of anilines is 1. The highest BCUT2D eigenvalue weighted by atomic mass is 19.3. The summed E-state index contributed by atoms with van der Waals surface area (Å²) in [4.78, 5) is 0. The molecule has 0 aliphatic heterocycles. The van der Waals surface area contributed by atoms with Crippen LogP contribution in [0.2, 0.25) is 0 Å². The number of aromatic hydroxyl groups is 1. The van der Waals surface area contributed by atoms with Crippen LogP contribution in [0.3, 0.4) is 0 Å². The van der Waals surface area contributed by atoms with E-state index in [1.807, 2.05) is 6.92 Å². The number of ether oxygens (including phenoxy) is 1. The van der Waals surface area contributed by atoms with Crippen molar-refractivity contribution in [2.45, 2.75) is 19.6 Å². The molecule has 112 valence electrons. The average Bonchev–Trinajstić information content (AvgIpc) is 2.43. The lowest BCUT2D eigenvalue weighted by atomic mass is 10.1. The number of phenolic OH excluding ortho intramolecular Hbond substituents is 1. The summed E-state index contributed by atoms with van der Waals surface area (Å²) in [6, 6.07) is 9.98. The molecule has 6 heteroatoms. The number of benzene rings is 2. The predicted octanol–water partition coefficient (Wildman–Crippen LogP) is 4.31. The summed E-state index contributed by atoms with van der Waals surface area (Å²) in [6.07, 6.45) is 0. The van der Waals surface area contributed by atoms with Gasteiger partial charge in [0.2, 0.25) is 0 Å². The standard InChI is InChI=1S/C15H14F3NO2/c1-9(19-11-4-7-14(20)13(16)8-11)10-2-5-12(6-3-10)21-15(17)18/h2-9,15,19-20H,1H3. The molecule has 0 spiro atoms. The number of phenols is 1. The van der Waals surface area contributed by atoms with Gasteiger partial charge in [-0.2, -0.15) is 8.78 Å². The SMILES string of the molecule is CC(Nc1ccc(O)c(F)c1)c1ccc(OC(F)F)cc1. The third-order valence-corrected chi connectivity index (χ3v) is 2.94. The Labute approximate surface area is 120 Å². The Bertz CT molecular complexity index is 602. The molecule has 1 atom stereocenters. The molecule has 0 fully saturated rings. The largest absolute Gasteiger partial charge is 0.505 e. The second-order valence-corrected chi connectivity index (χ2v) is 4.48. The summed E-state index contributed by atoms with van der Waals surface area (Å²) in [7, 11) is 0. The van der Waals surface area contributed by atoms with Gasteiger partial charge in [0.05, 0.1) is 0 Å². The second kappa shape index (κ2) is 6.39. The maximum atomic E-state index is 13.2. The van der Waals surface area contributed by atoms with Crippen LogP contribution in [-0.4, -0.2) is 11.7 Å². The van der Waals surface area contributed by atoms with Crippen molar-refractivity contribution in [3.8, 4) is 11.5 Å². The van der Waals surface area contributed by atoms with E-state index >= 15 is 0 Å².